The lowest BCUT2D eigenvalue weighted by atomic mass is 9.95. The van der Waals surface area contributed by atoms with Gasteiger partial charge in [-0.1, -0.05) is 24.3 Å². The smallest absolute Gasteiger partial charge is 0.322 e. The minimum atomic E-state index is -0.830. The van der Waals surface area contributed by atoms with E-state index in [9.17, 15) is 19.1 Å². The molecular formula is C26H32FN3O6. The Bertz CT molecular complexity index is 1050. The maximum Gasteiger partial charge on any atom is 0.322 e. The van der Waals surface area contributed by atoms with Gasteiger partial charge in [0.1, 0.15) is 17.7 Å². The summed E-state index contributed by atoms with van der Waals surface area (Å²) in [6, 6.07) is 12.6. The number of rotatable bonds is 6. The van der Waals surface area contributed by atoms with Crippen LogP contribution in [0.25, 0.3) is 0 Å². The van der Waals surface area contributed by atoms with Crippen LogP contribution in [0.15, 0.2) is 48.5 Å². The molecule has 0 spiro atoms. The molecule has 0 radical (unpaired) electrons. The van der Waals surface area contributed by atoms with Crippen molar-refractivity contribution in [2.75, 3.05) is 32.2 Å². The second-order valence-corrected chi connectivity index (χ2v) is 9.02. The molecule has 2 aliphatic rings. The third kappa shape index (κ3) is 6.71. The predicted molar refractivity (Wildman–Crippen MR) is 130 cm³/mol. The Hall–Kier alpha value is -3.21. The summed E-state index contributed by atoms with van der Waals surface area (Å²) in [4.78, 5) is 27.3. The lowest BCUT2D eigenvalue weighted by molar-refractivity contribution is -0.149. The Morgan fingerprint density at radius 2 is 2.00 bits per heavy atom. The number of methoxy groups -OCH3 is 1. The molecule has 9 nitrogen and oxygen atoms in total. The van der Waals surface area contributed by atoms with E-state index in [1.165, 1.54) is 6.07 Å². The maximum atomic E-state index is 13.8. The van der Waals surface area contributed by atoms with Crippen LogP contribution in [-0.4, -0.2) is 73.2 Å². The molecule has 4 atom stereocenters. The Morgan fingerprint density at radius 1 is 1.17 bits per heavy atom. The molecule has 10 heteroatoms. The molecule has 0 bridgehead atoms. The molecule has 2 saturated heterocycles. The van der Waals surface area contributed by atoms with Gasteiger partial charge in [0.25, 0.3) is 0 Å². The topological polar surface area (TPSA) is 109 Å². The number of halogens is 1. The van der Waals surface area contributed by atoms with Gasteiger partial charge in [0, 0.05) is 23.9 Å². The molecule has 194 valence electrons. The van der Waals surface area contributed by atoms with Gasteiger partial charge in [0.15, 0.2) is 0 Å². The Morgan fingerprint density at radius 3 is 2.81 bits per heavy atom. The Kier molecular flexibility index (Phi) is 8.74. The molecular weight excluding hydrogens is 469 g/mol. The molecule has 2 aliphatic heterocycles. The van der Waals surface area contributed by atoms with Gasteiger partial charge in [-0.25, -0.2) is 9.18 Å². The summed E-state index contributed by atoms with van der Waals surface area (Å²) in [7, 11) is 1.55. The standard InChI is InChI=1S/C26H32FN3O6/c1-34-20-7-4-6-18(11-20)29-26(33)30-14-19(31)15-35-16-24-23(30)10-9-21(36-24)12-25(32)28-13-17-5-2-3-8-22(17)27/h2-8,11,19,21,23-24,31H,9-10,12-16H2,1H3,(H,28,32)(H,29,33)/t19-,21+,23+,24-/m1/s1. The first kappa shape index (κ1) is 25.9. The van der Waals surface area contributed by atoms with Crippen molar-refractivity contribution in [1.29, 1.82) is 0 Å². The quantitative estimate of drug-likeness (QED) is 0.562. The predicted octanol–water partition coefficient (Wildman–Crippen LogP) is 2.68. The van der Waals surface area contributed by atoms with Gasteiger partial charge in [-0.2, -0.15) is 0 Å². The second-order valence-electron chi connectivity index (χ2n) is 9.02. The third-order valence-corrected chi connectivity index (χ3v) is 6.41. The molecule has 2 aromatic carbocycles. The van der Waals surface area contributed by atoms with Crippen LogP contribution in [0.1, 0.15) is 24.8 Å². The molecule has 2 fully saturated rings. The lowest BCUT2D eigenvalue weighted by Crippen LogP contribution is -2.58. The minimum absolute atomic E-state index is 0.0727. The van der Waals surface area contributed by atoms with Crippen molar-refractivity contribution in [1.82, 2.24) is 10.2 Å². The number of hydrogen-bond donors (Lipinski definition) is 3. The Labute approximate surface area is 209 Å². The number of nitrogens with zero attached hydrogens (tertiary/aromatic N) is 1. The van der Waals surface area contributed by atoms with Crippen molar-refractivity contribution in [2.24, 2.45) is 0 Å². The van der Waals surface area contributed by atoms with Gasteiger partial charge in [-0.05, 0) is 31.0 Å². The zero-order valence-electron chi connectivity index (χ0n) is 20.2. The fourth-order valence-corrected chi connectivity index (χ4v) is 4.59. The normalized spacial score (nSPS) is 24.1. The monoisotopic (exact) mass is 501 g/mol. The van der Waals surface area contributed by atoms with Crippen LogP contribution < -0.4 is 15.4 Å². The van der Waals surface area contributed by atoms with Crippen molar-refractivity contribution in [3.05, 3.63) is 59.9 Å². The third-order valence-electron chi connectivity index (χ3n) is 6.41. The molecule has 3 N–H and O–H groups in total. The molecule has 4 rings (SSSR count). The van der Waals surface area contributed by atoms with Gasteiger partial charge in [-0.3, -0.25) is 4.79 Å². The number of β-amino-alcohol motifs (C(OH)–C–C–N with tert-alkyl or cyclic N) is 1. The van der Waals surface area contributed by atoms with E-state index in [1.807, 2.05) is 0 Å². The highest BCUT2D eigenvalue weighted by molar-refractivity contribution is 5.90. The summed E-state index contributed by atoms with van der Waals surface area (Å²) in [5.74, 6) is 0.0103. The number of carbonyl (C=O) groups is 2. The van der Waals surface area contributed by atoms with E-state index in [1.54, 1.807) is 54.5 Å². The molecule has 0 aliphatic carbocycles. The highest BCUT2D eigenvalue weighted by atomic mass is 19.1. The molecule has 2 heterocycles. The number of amides is 3. The first-order valence-corrected chi connectivity index (χ1v) is 12.1. The van der Waals surface area contributed by atoms with Crippen LogP contribution in [0.3, 0.4) is 0 Å². The van der Waals surface area contributed by atoms with Gasteiger partial charge < -0.3 is 34.9 Å². The largest absolute Gasteiger partial charge is 0.497 e. The molecule has 0 aromatic heterocycles. The van der Waals surface area contributed by atoms with Gasteiger partial charge >= 0.3 is 6.03 Å². The zero-order chi connectivity index (χ0) is 25.5. The van der Waals surface area contributed by atoms with Crippen LogP contribution in [0.5, 0.6) is 5.75 Å². The number of fused-ring (bicyclic) bond motifs is 1. The SMILES string of the molecule is COc1cccc(NC(=O)N2C[C@@H](O)COC[C@H]3O[C@H](CC(=O)NCc4ccccc4F)CC[C@@H]32)c1. The number of nitrogens with one attached hydrogen (secondary N) is 2. The van der Waals surface area contributed by atoms with Gasteiger partial charge in [-0.15, -0.1) is 0 Å². The fraction of sp³-hybridized carbons (Fsp3) is 0.462. The van der Waals surface area contributed by atoms with Crippen LogP contribution >= 0.6 is 0 Å². The molecule has 2 aromatic rings. The number of benzene rings is 2. The zero-order valence-corrected chi connectivity index (χ0v) is 20.2. The van der Waals surface area contributed by atoms with E-state index in [-0.39, 0.29) is 62.6 Å². The lowest BCUT2D eigenvalue weighted by Gasteiger charge is -2.44. The summed E-state index contributed by atoms with van der Waals surface area (Å²) in [5.41, 5.74) is 0.991. The second kappa shape index (κ2) is 12.2. The maximum absolute atomic E-state index is 13.8. The number of aliphatic hydroxyl groups is 1. The highest BCUT2D eigenvalue weighted by Crippen LogP contribution is 2.28. The summed E-state index contributed by atoms with van der Waals surface area (Å²) in [6.45, 7) is 0.457. The van der Waals surface area contributed by atoms with E-state index in [0.29, 0.717) is 29.8 Å². The minimum Gasteiger partial charge on any atom is -0.497 e. The van der Waals surface area contributed by atoms with E-state index in [4.69, 9.17) is 14.2 Å². The number of anilines is 1. The van der Waals surface area contributed by atoms with Crippen molar-refractivity contribution in [3.8, 4) is 5.75 Å². The van der Waals surface area contributed by atoms with Crippen LogP contribution in [0, 0.1) is 5.82 Å². The van der Waals surface area contributed by atoms with Crippen molar-refractivity contribution < 1.29 is 33.3 Å². The number of aliphatic hydroxyl groups excluding tert-OH is 1. The number of hydrogen-bond acceptors (Lipinski definition) is 6. The molecule has 0 saturated carbocycles. The number of ether oxygens (including phenoxy) is 3. The average Bonchev–Trinajstić information content (AvgIpc) is 2.86. The van der Waals surface area contributed by atoms with Crippen molar-refractivity contribution in [2.45, 2.75) is 50.2 Å². The van der Waals surface area contributed by atoms with Crippen molar-refractivity contribution in [3.63, 3.8) is 0 Å². The summed E-state index contributed by atoms with van der Waals surface area (Å²) in [6.07, 6.45) is -0.389. The Balaban J connectivity index is 1.37. The first-order valence-electron chi connectivity index (χ1n) is 12.1. The number of carbonyl (C=O) groups excluding carboxylic acids is 2. The molecule has 3 amide bonds. The van der Waals surface area contributed by atoms with Gasteiger partial charge in [0.2, 0.25) is 5.91 Å². The van der Waals surface area contributed by atoms with E-state index in [2.05, 4.69) is 10.6 Å². The molecule has 0 unspecified atom stereocenters. The van der Waals surface area contributed by atoms with E-state index >= 15 is 0 Å². The summed E-state index contributed by atoms with van der Waals surface area (Å²) >= 11 is 0. The molecule has 36 heavy (non-hydrogen) atoms. The van der Waals surface area contributed by atoms with Crippen LogP contribution in [0.2, 0.25) is 0 Å². The van der Waals surface area contributed by atoms with Crippen LogP contribution in [0.4, 0.5) is 14.9 Å². The van der Waals surface area contributed by atoms with E-state index in [0.717, 1.165) is 0 Å². The highest BCUT2D eigenvalue weighted by Gasteiger charge is 2.40. The number of urea groups is 1. The average molecular weight is 502 g/mol. The summed E-state index contributed by atoms with van der Waals surface area (Å²) < 4.78 is 30.8. The van der Waals surface area contributed by atoms with Crippen LogP contribution in [-0.2, 0) is 20.8 Å². The van der Waals surface area contributed by atoms with E-state index < -0.39 is 12.2 Å². The fourth-order valence-electron chi connectivity index (χ4n) is 4.59. The summed E-state index contributed by atoms with van der Waals surface area (Å²) in [5, 5.41) is 15.9. The first-order chi connectivity index (χ1) is 17.4. The van der Waals surface area contributed by atoms with Gasteiger partial charge in [0.05, 0.1) is 51.5 Å². The van der Waals surface area contributed by atoms with Crippen molar-refractivity contribution >= 4 is 17.6 Å².